The first-order chi connectivity index (χ1) is 14.7. The number of carbonyl (C=O) groups excluding carboxylic acids is 1. The molecule has 0 atom stereocenters. The van der Waals surface area contributed by atoms with Crippen LogP contribution in [0.2, 0.25) is 0 Å². The first-order valence-corrected chi connectivity index (χ1v) is 12.0. The number of anilines is 1. The van der Waals surface area contributed by atoms with Crippen LogP contribution in [0.4, 0.5) is 5.69 Å². The van der Waals surface area contributed by atoms with Gasteiger partial charge in [-0.2, -0.15) is 5.10 Å². The van der Waals surface area contributed by atoms with E-state index < -0.39 is 9.84 Å². The van der Waals surface area contributed by atoms with Gasteiger partial charge in [-0.3, -0.25) is 4.79 Å². The predicted octanol–water partition coefficient (Wildman–Crippen LogP) is 2.85. The molecule has 0 fully saturated rings. The molecule has 2 aromatic carbocycles. The topological polar surface area (TPSA) is 75.5 Å². The predicted molar refractivity (Wildman–Crippen MR) is 121 cm³/mol. The smallest absolute Gasteiger partial charge is 0.256 e. The van der Waals surface area contributed by atoms with Gasteiger partial charge in [0.1, 0.15) is 0 Å². The Labute approximate surface area is 182 Å². The molecule has 0 radical (unpaired) electrons. The van der Waals surface area contributed by atoms with Gasteiger partial charge in [0.2, 0.25) is 0 Å². The molecule has 162 valence electrons. The number of carbonyl (C=O) groups is 1. The zero-order valence-corrected chi connectivity index (χ0v) is 19.0. The van der Waals surface area contributed by atoms with Crippen molar-refractivity contribution in [2.24, 2.45) is 0 Å². The standard InChI is InChI=1S/C23H26N4O3S/c1-16-20-15-26(13-12-21(20)24-27(16)17-8-6-5-7-9-17)23(28)19-14-18(31(4,29)30)10-11-22(19)25(2)3/h5-11,14H,12-13,15H2,1-4H3. The van der Waals surface area contributed by atoms with Crippen molar-refractivity contribution >= 4 is 21.4 Å². The lowest BCUT2D eigenvalue weighted by molar-refractivity contribution is 0.0734. The molecular formula is C23H26N4O3S. The third-order valence-corrected chi connectivity index (χ3v) is 6.80. The Morgan fingerprint density at radius 3 is 2.45 bits per heavy atom. The quantitative estimate of drug-likeness (QED) is 0.626. The maximum Gasteiger partial charge on any atom is 0.256 e. The molecule has 0 aliphatic carbocycles. The number of aromatic nitrogens is 2. The van der Waals surface area contributed by atoms with Gasteiger partial charge in [0.25, 0.3) is 5.91 Å². The second-order valence-corrected chi connectivity index (χ2v) is 10.1. The summed E-state index contributed by atoms with van der Waals surface area (Å²) in [7, 11) is 0.266. The molecule has 1 aromatic heterocycles. The lowest BCUT2D eigenvalue weighted by Gasteiger charge is -2.28. The minimum atomic E-state index is -3.42. The van der Waals surface area contributed by atoms with Crippen molar-refractivity contribution < 1.29 is 13.2 Å². The van der Waals surface area contributed by atoms with Crippen LogP contribution >= 0.6 is 0 Å². The maximum absolute atomic E-state index is 13.5. The normalized spacial score (nSPS) is 13.7. The van der Waals surface area contributed by atoms with Crippen LogP contribution in [0.3, 0.4) is 0 Å². The van der Waals surface area contributed by atoms with E-state index >= 15 is 0 Å². The Morgan fingerprint density at radius 1 is 1.10 bits per heavy atom. The summed E-state index contributed by atoms with van der Waals surface area (Å²) in [6, 6.07) is 14.7. The summed E-state index contributed by atoms with van der Waals surface area (Å²) in [5.41, 5.74) is 5.14. The molecule has 0 unspecified atom stereocenters. The molecule has 8 heteroatoms. The Balaban J connectivity index is 1.69. The van der Waals surface area contributed by atoms with Crippen LogP contribution in [0.25, 0.3) is 5.69 Å². The van der Waals surface area contributed by atoms with Gasteiger partial charge in [-0.15, -0.1) is 0 Å². The van der Waals surface area contributed by atoms with E-state index in [9.17, 15) is 13.2 Å². The Bertz CT molecular complexity index is 1250. The van der Waals surface area contributed by atoms with E-state index in [0.29, 0.717) is 30.8 Å². The summed E-state index contributed by atoms with van der Waals surface area (Å²) in [5.74, 6) is -0.174. The van der Waals surface area contributed by atoms with Crippen LogP contribution < -0.4 is 4.90 Å². The highest BCUT2D eigenvalue weighted by molar-refractivity contribution is 7.90. The van der Waals surface area contributed by atoms with Crippen LogP contribution in [0.1, 0.15) is 27.3 Å². The number of amides is 1. The molecule has 3 aromatic rings. The fraction of sp³-hybridized carbons (Fsp3) is 0.304. The van der Waals surface area contributed by atoms with Crippen molar-refractivity contribution in [3.05, 3.63) is 71.0 Å². The number of nitrogens with zero attached hydrogens (tertiary/aromatic N) is 4. The molecule has 31 heavy (non-hydrogen) atoms. The molecule has 4 rings (SSSR count). The Hall–Kier alpha value is -3.13. The van der Waals surface area contributed by atoms with Gasteiger partial charge in [0.05, 0.1) is 21.8 Å². The molecule has 0 saturated carbocycles. The zero-order valence-electron chi connectivity index (χ0n) is 18.2. The van der Waals surface area contributed by atoms with Gasteiger partial charge < -0.3 is 9.80 Å². The molecule has 0 N–H and O–H groups in total. The van der Waals surface area contributed by atoms with Crippen LogP contribution in [0, 0.1) is 6.92 Å². The minimum absolute atomic E-state index is 0.146. The third kappa shape index (κ3) is 3.95. The molecule has 1 aliphatic rings. The summed E-state index contributed by atoms with van der Waals surface area (Å²) >= 11 is 0. The van der Waals surface area contributed by atoms with Crippen molar-refractivity contribution in [3.8, 4) is 5.69 Å². The monoisotopic (exact) mass is 438 g/mol. The number of para-hydroxylation sites is 1. The fourth-order valence-electron chi connectivity index (χ4n) is 3.98. The van der Waals surface area contributed by atoms with Crippen LogP contribution in [0.15, 0.2) is 53.4 Å². The summed E-state index contributed by atoms with van der Waals surface area (Å²) in [5, 5.41) is 4.77. The van der Waals surface area contributed by atoms with Crippen molar-refractivity contribution in [1.82, 2.24) is 14.7 Å². The van der Waals surface area contributed by atoms with Crippen LogP contribution in [-0.4, -0.2) is 55.9 Å². The molecule has 0 bridgehead atoms. The SMILES string of the molecule is Cc1c2c(nn1-c1ccccc1)CCN(C(=O)c1cc(S(C)(=O)=O)ccc1N(C)C)C2. The van der Waals surface area contributed by atoms with Gasteiger partial charge in [-0.1, -0.05) is 18.2 Å². The van der Waals surface area contributed by atoms with E-state index in [1.165, 1.54) is 6.07 Å². The highest BCUT2D eigenvalue weighted by Crippen LogP contribution is 2.29. The average molecular weight is 439 g/mol. The first kappa shape index (κ1) is 21.1. The summed E-state index contributed by atoms with van der Waals surface area (Å²) < 4.78 is 26.0. The number of benzene rings is 2. The van der Waals surface area contributed by atoms with Gasteiger partial charge in [0, 0.05) is 56.8 Å². The van der Waals surface area contributed by atoms with Gasteiger partial charge in [-0.25, -0.2) is 13.1 Å². The van der Waals surface area contributed by atoms with E-state index in [1.807, 2.05) is 60.9 Å². The third-order valence-electron chi connectivity index (χ3n) is 5.69. The van der Waals surface area contributed by atoms with Crippen LogP contribution in [-0.2, 0) is 22.8 Å². The summed E-state index contributed by atoms with van der Waals surface area (Å²) in [4.78, 5) is 17.2. The lowest BCUT2D eigenvalue weighted by atomic mass is 10.0. The molecule has 0 spiro atoms. The van der Waals surface area contributed by atoms with Crippen molar-refractivity contribution in [2.75, 3.05) is 31.8 Å². The summed E-state index contributed by atoms with van der Waals surface area (Å²) in [6.45, 7) is 3.00. The summed E-state index contributed by atoms with van der Waals surface area (Å²) in [6.07, 6.45) is 1.81. The van der Waals surface area contributed by atoms with Gasteiger partial charge in [-0.05, 0) is 37.3 Å². The molecule has 2 heterocycles. The van der Waals surface area contributed by atoms with Crippen molar-refractivity contribution in [3.63, 3.8) is 0 Å². The Kier molecular flexibility index (Phi) is 5.35. The highest BCUT2D eigenvalue weighted by Gasteiger charge is 2.29. The maximum atomic E-state index is 13.5. The lowest BCUT2D eigenvalue weighted by Crippen LogP contribution is -2.36. The van der Waals surface area contributed by atoms with E-state index in [4.69, 9.17) is 5.10 Å². The fourth-order valence-corrected chi connectivity index (χ4v) is 4.63. The number of sulfone groups is 1. The van der Waals surface area contributed by atoms with Crippen molar-refractivity contribution in [1.29, 1.82) is 0 Å². The molecule has 1 amide bonds. The van der Waals surface area contributed by atoms with E-state index in [1.54, 1.807) is 17.0 Å². The van der Waals surface area contributed by atoms with E-state index in [0.717, 1.165) is 28.9 Å². The molecule has 7 nitrogen and oxygen atoms in total. The molecule has 1 aliphatic heterocycles. The second-order valence-electron chi connectivity index (χ2n) is 8.08. The van der Waals surface area contributed by atoms with Crippen molar-refractivity contribution in [2.45, 2.75) is 24.8 Å². The first-order valence-electron chi connectivity index (χ1n) is 10.1. The number of hydrogen-bond acceptors (Lipinski definition) is 5. The van der Waals surface area contributed by atoms with E-state index in [2.05, 4.69) is 0 Å². The van der Waals surface area contributed by atoms with Crippen LogP contribution in [0.5, 0.6) is 0 Å². The largest absolute Gasteiger partial charge is 0.377 e. The second kappa shape index (κ2) is 7.85. The number of rotatable bonds is 4. The number of hydrogen-bond donors (Lipinski definition) is 0. The molecule has 0 saturated heterocycles. The van der Waals surface area contributed by atoms with Gasteiger partial charge in [0.15, 0.2) is 9.84 Å². The Morgan fingerprint density at radius 2 is 1.81 bits per heavy atom. The number of fused-ring (bicyclic) bond motifs is 1. The minimum Gasteiger partial charge on any atom is -0.377 e. The molecular weight excluding hydrogens is 412 g/mol. The van der Waals surface area contributed by atoms with Gasteiger partial charge >= 0.3 is 0 Å². The van der Waals surface area contributed by atoms with E-state index in [-0.39, 0.29) is 10.8 Å². The zero-order chi connectivity index (χ0) is 22.3. The highest BCUT2D eigenvalue weighted by atomic mass is 32.2. The average Bonchev–Trinajstić information content (AvgIpc) is 3.08.